The number of aromatic nitrogens is 4. The van der Waals surface area contributed by atoms with E-state index in [4.69, 9.17) is 0 Å². The molecule has 8 heteroatoms. The van der Waals surface area contributed by atoms with Crippen LogP contribution in [0.2, 0.25) is 0 Å². The molecule has 1 aromatic carbocycles. The number of nitrogens with zero attached hydrogens (tertiary/aromatic N) is 3. The van der Waals surface area contributed by atoms with Gasteiger partial charge in [0.25, 0.3) is 5.56 Å². The molecule has 0 bridgehead atoms. The van der Waals surface area contributed by atoms with Crippen molar-refractivity contribution in [3.63, 3.8) is 0 Å². The zero-order chi connectivity index (χ0) is 14.7. The maximum Gasteiger partial charge on any atom is 0.274 e. The summed E-state index contributed by atoms with van der Waals surface area (Å²) in [6.45, 7) is 0. The van der Waals surface area contributed by atoms with Gasteiger partial charge < -0.3 is 5.32 Å². The number of anilines is 2. The van der Waals surface area contributed by atoms with E-state index in [0.29, 0.717) is 11.6 Å². The number of rotatable bonds is 4. The van der Waals surface area contributed by atoms with Crippen LogP contribution < -0.4 is 10.9 Å². The fourth-order valence-corrected chi connectivity index (χ4v) is 2.24. The van der Waals surface area contributed by atoms with Crippen molar-refractivity contribution < 1.29 is 4.39 Å². The molecule has 3 rings (SSSR count). The van der Waals surface area contributed by atoms with E-state index in [-0.39, 0.29) is 23.0 Å². The Kier molecular flexibility index (Phi) is 3.69. The monoisotopic (exact) mass is 303 g/mol. The molecule has 0 fully saturated rings. The first kappa shape index (κ1) is 13.4. The highest BCUT2D eigenvalue weighted by atomic mass is 32.1. The van der Waals surface area contributed by atoms with E-state index >= 15 is 0 Å². The van der Waals surface area contributed by atoms with E-state index in [1.807, 2.05) is 0 Å². The summed E-state index contributed by atoms with van der Waals surface area (Å²) in [5.74, 6) is -0.0838. The molecule has 3 aromatic rings. The Labute approximate surface area is 122 Å². The van der Waals surface area contributed by atoms with Crippen molar-refractivity contribution in [1.82, 2.24) is 20.2 Å². The van der Waals surface area contributed by atoms with Crippen LogP contribution in [-0.2, 0) is 6.42 Å². The first-order valence-corrected chi connectivity index (χ1v) is 6.95. The summed E-state index contributed by atoms with van der Waals surface area (Å²) in [6.07, 6.45) is 1.93. The van der Waals surface area contributed by atoms with Gasteiger partial charge in [0.1, 0.15) is 11.5 Å². The topological polar surface area (TPSA) is 83.6 Å². The number of hydrogen-bond donors (Lipinski definition) is 2. The predicted octanol–water partition coefficient (Wildman–Crippen LogP) is 2.09. The quantitative estimate of drug-likeness (QED) is 0.771. The molecule has 0 aliphatic rings. The number of nitrogens with one attached hydrogen (secondary N) is 2. The fraction of sp³-hybridized carbons (Fsp3) is 0.0769. The zero-order valence-electron chi connectivity index (χ0n) is 10.7. The highest BCUT2D eigenvalue weighted by Gasteiger charge is 2.07. The Balaban J connectivity index is 1.78. The van der Waals surface area contributed by atoms with Gasteiger partial charge in [-0.25, -0.2) is 9.37 Å². The van der Waals surface area contributed by atoms with Crippen molar-refractivity contribution >= 4 is 22.4 Å². The SMILES string of the molecule is O=c1[nH]c(Nc2nccs2)nnc1Cc1ccc(F)cc1. The summed E-state index contributed by atoms with van der Waals surface area (Å²) < 4.78 is 12.8. The van der Waals surface area contributed by atoms with E-state index in [0.717, 1.165) is 5.56 Å². The Hall–Kier alpha value is -2.61. The lowest BCUT2D eigenvalue weighted by Gasteiger charge is -2.03. The zero-order valence-corrected chi connectivity index (χ0v) is 11.5. The fourth-order valence-electron chi connectivity index (χ4n) is 1.71. The molecule has 21 heavy (non-hydrogen) atoms. The largest absolute Gasteiger partial charge is 0.300 e. The molecule has 0 atom stereocenters. The second kappa shape index (κ2) is 5.80. The molecular formula is C13H10FN5OS. The average Bonchev–Trinajstić information content (AvgIpc) is 2.97. The third-order valence-corrected chi connectivity index (χ3v) is 3.40. The molecule has 2 heterocycles. The summed E-state index contributed by atoms with van der Waals surface area (Å²) in [5.41, 5.74) is 0.719. The minimum atomic E-state index is -0.339. The van der Waals surface area contributed by atoms with E-state index < -0.39 is 0 Å². The second-order valence-electron chi connectivity index (χ2n) is 4.21. The van der Waals surface area contributed by atoms with Crippen LogP contribution in [0.25, 0.3) is 0 Å². The van der Waals surface area contributed by atoms with Crippen LogP contribution >= 0.6 is 11.3 Å². The third kappa shape index (κ3) is 3.29. The number of H-pyrrole nitrogens is 1. The van der Waals surface area contributed by atoms with Gasteiger partial charge in [0.2, 0.25) is 5.95 Å². The molecule has 0 aliphatic heterocycles. The van der Waals surface area contributed by atoms with Crippen LogP contribution in [0.15, 0.2) is 40.6 Å². The van der Waals surface area contributed by atoms with Gasteiger partial charge in [0, 0.05) is 18.0 Å². The number of hydrogen-bond acceptors (Lipinski definition) is 6. The molecule has 0 unspecified atom stereocenters. The summed E-state index contributed by atoms with van der Waals surface area (Å²) in [7, 11) is 0. The Morgan fingerprint density at radius 1 is 1.24 bits per heavy atom. The molecular weight excluding hydrogens is 293 g/mol. The Morgan fingerprint density at radius 3 is 2.71 bits per heavy atom. The van der Waals surface area contributed by atoms with E-state index in [1.165, 1.54) is 23.5 Å². The van der Waals surface area contributed by atoms with Crippen LogP contribution in [0, 0.1) is 5.82 Å². The van der Waals surface area contributed by atoms with Crippen LogP contribution in [0.3, 0.4) is 0 Å². The van der Waals surface area contributed by atoms with Crippen molar-refractivity contribution in [2.24, 2.45) is 0 Å². The van der Waals surface area contributed by atoms with Gasteiger partial charge >= 0.3 is 0 Å². The van der Waals surface area contributed by atoms with Crippen LogP contribution in [0.5, 0.6) is 0 Å². The van der Waals surface area contributed by atoms with Gasteiger partial charge in [-0.05, 0) is 17.7 Å². The van der Waals surface area contributed by atoms with Gasteiger partial charge in [-0.3, -0.25) is 9.78 Å². The number of benzene rings is 1. The van der Waals surface area contributed by atoms with Gasteiger partial charge in [-0.1, -0.05) is 12.1 Å². The normalized spacial score (nSPS) is 10.5. The average molecular weight is 303 g/mol. The highest BCUT2D eigenvalue weighted by molar-refractivity contribution is 7.13. The molecule has 2 aromatic heterocycles. The molecule has 0 saturated carbocycles. The van der Waals surface area contributed by atoms with Crippen molar-refractivity contribution in [2.75, 3.05) is 5.32 Å². The molecule has 6 nitrogen and oxygen atoms in total. The van der Waals surface area contributed by atoms with E-state index in [1.54, 1.807) is 23.7 Å². The lowest BCUT2D eigenvalue weighted by Crippen LogP contribution is -2.18. The predicted molar refractivity (Wildman–Crippen MR) is 77.3 cm³/mol. The first-order chi connectivity index (χ1) is 10.2. The molecule has 0 amide bonds. The summed E-state index contributed by atoms with van der Waals surface area (Å²) in [5, 5.41) is 13.1. The standard InChI is InChI=1S/C13H10FN5OS/c14-9-3-1-8(2-4-9)7-10-11(20)16-12(19-18-10)17-13-15-5-6-21-13/h1-6H,7H2,(H2,15,16,17,19,20). The summed E-state index contributed by atoms with van der Waals surface area (Å²) >= 11 is 1.38. The van der Waals surface area contributed by atoms with Crippen molar-refractivity contribution in [3.05, 3.63) is 63.3 Å². The van der Waals surface area contributed by atoms with Gasteiger partial charge in [0.15, 0.2) is 5.13 Å². The number of thiazole rings is 1. The number of aromatic amines is 1. The van der Waals surface area contributed by atoms with Gasteiger partial charge in [0.05, 0.1) is 0 Å². The van der Waals surface area contributed by atoms with Gasteiger partial charge in [-0.15, -0.1) is 21.5 Å². The smallest absolute Gasteiger partial charge is 0.274 e. The molecule has 0 aliphatic carbocycles. The molecule has 2 N–H and O–H groups in total. The maximum absolute atomic E-state index is 12.8. The minimum Gasteiger partial charge on any atom is -0.300 e. The number of halogens is 1. The van der Waals surface area contributed by atoms with Crippen LogP contribution in [0.1, 0.15) is 11.3 Å². The Bertz CT molecular complexity index is 785. The summed E-state index contributed by atoms with van der Waals surface area (Å²) in [4.78, 5) is 18.6. The lowest BCUT2D eigenvalue weighted by atomic mass is 10.1. The van der Waals surface area contributed by atoms with E-state index in [9.17, 15) is 9.18 Å². The third-order valence-electron chi connectivity index (χ3n) is 2.71. The van der Waals surface area contributed by atoms with Gasteiger partial charge in [-0.2, -0.15) is 0 Å². The van der Waals surface area contributed by atoms with Crippen molar-refractivity contribution in [2.45, 2.75) is 6.42 Å². The minimum absolute atomic E-state index is 0.234. The summed E-state index contributed by atoms with van der Waals surface area (Å²) in [6, 6.07) is 5.90. The maximum atomic E-state index is 12.8. The Morgan fingerprint density at radius 2 is 2.05 bits per heavy atom. The van der Waals surface area contributed by atoms with E-state index in [2.05, 4.69) is 25.5 Å². The molecule has 0 spiro atoms. The lowest BCUT2D eigenvalue weighted by molar-refractivity contribution is 0.627. The highest BCUT2D eigenvalue weighted by Crippen LogP contribution is 2.14. The van der Waals surface area contributed by atoms with Crippen molar-refractivity contribution in [3.8, 4) is 0 Å². The molecule has 0 saturated heterocycles. The molecule has 106 valence electrons. The van der Waals surface area contributed by atoms with Crippen molar-refractivity contribution in [1.29, 1.82) is 0 Å². The van der Waals surface area contributed by atoms with Crippen LogP contribution in [0.4, 0.5) is 15.5 Å². The van der Waals surface area contributed by atoms with Crippen LogP contribution in [-0.4, -0.2) is 20.2 Å². The molecule has 0 radical (unpaired) electrons. The second-order valence-corrected chi connectivity index (χ2v) is 5.11. The first-order valence-electron chi connectivity index (χ1n) is 6.07.